The zero-order valence-electron chi connectivity index (χ0n) is 14.5. The minimum absolute atomic E-state index is 0.0246. The van der Waals surface area contributed by atoms with Gasteiger partial charge in [0.1, 0.15) is 0 Å². The van der Waals surface area contributed by atoms with Crippen LogP contribution in [0.15, 0.2) is 30.3 Å². The van der Waals surface area contributed by atoms with Gasteiger partial charge in [0, 0.05) is 49.7 Å². The molecule has 0 spiro atoms. The standard InChI is InChI=1S/C19H20Cl2N2O2S/c1-13-2-3-14(20)12-15(13)22-8-10-23(11-9-22)19(25)7-4-16(24)17-5-6-18(21)26-17/h2-3,5-6,12H,4,7-11H2,1H3. The van der Waals surface area contributed by atoms with E-state index in [2.05, 4.69) is 11.8 Å². The number of Topliss-reactive ketones (excluding diaryl/α,β-unsaturated/α-hetero) is 1. The largest absolute Gasteiger partial charge is 0.368 e. The Hall–Kier alpha value is -1.56. The van der Waals surface area contributed by atoms with Gasteiger partial charge in [0.15, 0.2) is 5.78 Å². The Labute approximate surface area is 167 Å². The van der Waals surface area contributed by atoms with Crippen LogP contribution in [0.5, 0.6) is 0 Å². The molecule has 0 unspecified atom stereocenters. The van der Waals surface area contributed by atoms with Crippen molar-refractivity contribution in [3.8, 4) is 0 Å². The summed E-state index contributed by atoms with van der Waals surface area (Å²) in [5.41, 5.74) is 2.30. The van der Waals surface area contributed by atoms with Crippen LogP contribution in [0.4, 0.5) is 5.69 Å². The molecule has 1 aromatic heterocycles. The van der Waals surface area contributed by atoms with Gasteiger partial charge < -0.3 is 9.80 Å². The second-order valence-electron chi connectivity index (χ2n) is 6.33. The Morgan fingerprint density at radius 2 is 1.77 bits per heavy atom. The molecule has 1 aromatic carbocycles. The van der Waals surface area contributed by atoms with Crippen molar-refractivity contribution < 1.29 is 9.59 Å². The number of aryl methyl sites for hydroxylation is 1. The molecule has 1 aliphatic heterocycles. The molecule has 0 bridgehead atoms. The highest BCUT2D eigenvalue weighted by Crippen LogP contribution is 2.26. The molecule has 26 heavy (non-hydrogen) atoms. The van der Waals surface area contributed by atoms with Crippen LogP contribution in [0.1, 0.15) is 28.1 Å². The van der Waals surface area contributed by atoms with Gasteiger partial charge in [-0.15, -0.1) is 11.3 Å². The SMILES string of the molecule is Cc1ccc(Cl)cc1N1CCN(C(=O)CCC(=O)c2ccc(Cl)s2)CC1. The van der Waals surface area contributed by atoms with Crippen LogP contribution in [0.25, 0.3) is 0 Å². The third-order valence-corrected chi connectivity index (χ3v) is 6.07. The summed E-state index contributed by atoms with van der Waals surface area (Å²) in [6.07, 6.45) is 0.466. The van der Waals surface area contributed by atoms with Crippen molar-refractivity contribution >= 4 is 51.9 Å². The van der Waals surface area contributed by atoms with Crippen LogP contribution < -0.4 is 4.90 Å². The van der Waals surface area contributed by atoms with Gasteiger partial charge >= 0.3 is 0 Å². The summed E-state index contributed by atoms with van der Waals surface area (Å²) in [6, 6.07) is 9.29. The van der Waals surface area contributed by atoms with Crippen molar-refractivity contribution in [2.45, 2.75) is 19.8 Å². The Morgan fingerprint density at radius 1 is 1.04 bits per heavy atom. The molecule has 0 radical (unpaired) electrons. The van der Waals surface area contributed by atoms with Crippen LogP contribution in [-0.4, -0.2) is 42.8 Å². The molecule has 138 valence electrons. The highest BCUT2D eigenvalue weighted by molar-refractivity contribution is 7.18. The average Bonchev–Trinajstić information content (AvgIpc) is 3.08. The number of carbonyl (C=O) groups excluding carboxylic acids is 2. The summed E-state index contributed by atoms with van der Waals surface area (Å²) in [6.45, 7) is 4.90. The first kappa shape index (κ1) is 19.2. The number of halogens is 2. The highest BCUT2D eigenvalue weighted by Gasteiger charge is 2.23. The molecule has 2 aromatic rings. The fourth-order valence-electron chi connectivity index (χ4n) is 3.09. The van der Waals surface area contributed by atoms with E-state index in [1.165, 1.54) is 16.9 Å². The summed E-state index contributed by atoms with van der Waals surface area (Å²) in [5.74, 6) is 0.00640. The summed E-state index contributed by atoms with van der Waals surface area (Å²) < 4.78 is 0.590. The first-order valence-electron chi connectivity index (χ1n) is 8.51. The van der Waals surface area contributed by atoms with Crippen LogP contribution in [-0.2, 0) is 4.79 Å². The molecule has 1 amide bonds. The molecular weight excluding hydrogens is 391 g/mol. The normalized spacial score (nSPS) is 14.6. The fourth-order valence-corrected chi connectivity index (χ4v) is 4.26. The number of nitrogens with zero attached hydrogens (tertiary/aromatic N) is 2. The van der Waals surface area contributed by atoms with Gasteiger partial charge in [-0.1, -0.05) is 29.3 Å². The molecule has 0 aliphatic carbocycles. The summed E-state index contributed by atoms with van der Waals surface area (Å²) >= 11 is 13.2. The summed E-state index contributed by atoms with van der Waals surface area (Å²) in [4.78, 5) is 29.2. The smallest absolute Gasteiger partial charge is 0.223 e. The average molecular weight is 411 g/mol. The van der Waals surface area contributed by atoms with Gasteiger partial charge in [-0.2, -0.15) is 0 Å². The predicted octanol–water partition coefficient (Wildman–Crippen LogP) is 4.68. The number of rotatable bonds is 5. The fraction of sp³-hybridized carbons (Fsp3) is 0.368. The Kier molecular flexibility index (Phi) is 6.22. The summed E-state index contributed by atoms with van der Waals surface area (Å²) in [5, 5.41) is 0.719. The van der Waals surface area contributed by atoms with E-state index < -0.39 is 0 Å². The number of thiophene rings is 1. The molecule has 1 fully saturated rings. The number of piperazine rings is 1. The molecule has 1 saturated heterocycles. The second-order valence-corrected chi connectivity index (χ2v) is 8.48. The topological polar surface area (TPSA) is 40.6 Å². The maximum atomic E-state index is 12.4. The lowest BCUT2D eigenvalue weighted by atomic mass is 10.1. The highest BCUT2D eigenvalue weighted by atomic mass is 35.5. The van der Waals surface area contributed by atoms with Crippen molar-refractivity contribution in [2.24, 2.45) is 0 Å². The Balaban J connectivity index is 1.50. The molecule has 1 aliphatic rings. The number of anilines is 1. The molecule has 0 saturated carbocycles. The van der Waals surface area contributed by atoms with Crippen molar-refractivity contribution in [3.05, 3.63) is 50.1 Å². The second kappa shape index (κ2) is 8.42. The first-order chi connectivity index (χ1) is 12.4. The number of hydrogen-bond donors (Lipinski definition) is 0. The molecule has 4 nitrogen and oxygen atoms in total. The minimum atomic E-state index is -0.0246. The van der Waals surface area contributed by atoms with E-state index in [-0.39, 0.29) is 24.5 Å². The van der Waals surface area contributed by atoms with Gasteiger partial charge in [0.25, 0.3) is 0 Å². The minimum Gasteiger partial charge on any atom is -0.368 e. The third-order valence-electron chi connectivity index (χ3n) is 4.56. The molecule has 3 rings (SSSR count). The van der Waals surface area contributed by atoms with Crippen molar-refractivity contribution in [3.63, 3.8) is 0 Å². The lowest BCUT2D eigenvalue weighted by Crippen LogP contribution is -2.49. The maximum absolute atomic E-state index is 12.4. The van der Waals surface area contributed by atoms with Gasteiger partial charge in [0.05, 0.1) is 9.21 Å². The first-order valence-corrected chi connectivity index (χ1v) is 10.1. The lowest BCUT2D eigenvalue weighted by molar-refractivity contribution is -0.131. The zero-order chi connectivity index (χ0) is 18.7. The molecule has 0 atom stereocenters. The number of ketones is 1. The van der Waals surface area contributed by atoms with E-state index in [0.717, 1.165) is 23.8 Å². The number of amides is 1. The van der Waals surface area contributed by atoms with Crippen LogP contribution >= 0.6 is 34.5 Å². The van der Waals surface area contributed by atoms with Gasteiger partial charge in [-0.25, -0.2) is 0 Å². The van der Waals surface area contributed by atoms with E-state index in [9.17, 15) is 9.59 Å². The summed E-state index contributed by atoms with van der Waals surface area (Å²) in [7, 11) is 0. The van der Waals surface area contributed by atoms with Gasteiger partial charge in [0.2, 0.25) is 5.91 Å². The molecule has 2 heterocycles. The van der Waals surface area contributed by atoms with E-state index in [1.807, 2.05) is 23.1 Å². The van der Waals surface area contributed by atoms with Crippen molar-refractivity contribution in [1.29, 1.82) is 0 Å². The lowest BCUT2D eigenvalue weighted by Gasteiger charge is -2.37. The number of carbonyl (C=O) groups is 2. The van der Waals surface area contributed by atoms with E-state index in [1.54, 1.807) is 12.1 Å². The quantitative estimate of drug-likeness (QED) is 0.672. The van der Waals surface area contributed by atoms with Crippen LogP contribution in [0.2, 0.25) is 9.36 Å². The molecule has 7 heteroatoms. The van der Waals surface area contributed by atoms with Crippen LogP contribution in [0, 0.1) is 6.92 Å². The van der Waals surface area contributed by atoms with Gasteiger partial charge in [-0.05, 0) is 36.8 Å². The predicted molar refractivity (Wildman–Crippen MR) is 108 cm³/mol. The van der Waals surface area contributed by atoms with E-state index in [0.29, 0.717) is 22.3 Å². The maximum Gasteiger partial charge on any atom is 0.223 e. The van der Waals surface area contributed by atoms with Crippen molar-refractivity contribution in [1.82, 2.24) is 4.90 Å². The third kappa shape index (κ3) is 4.58. The monoisotopic (exact) mass is 410 g/mol. The number of benzene rings is 1. The zero-order valence-corrected chi connectivity index (χ0v) is 16.8. The molecule has 0 N–H and O–H groups in total. The van der Waals surface area contributed by atoms with Gasteiger partial charge in [-0.3, -0.25) is 9.59 Å². The van der Waals surface area contributed by atoms with E-state index >= 15 is 0 Å². The Morgan fingerprint density at radius 3 is 2.42 bits per heavy atom. The number of hydrogen-bond acceptors (Lipinski definition) is 4. The van der Waals surface area contributed by atoms with Crippen LogP contribution in [0.3, 0.4) is 0 Å². The molecular formula is C19H20Cl2N2O2S. The van der Waals surface area contributed by atoms with Crippen molar-refractivity contribution in [2.75, 3.05) is 31.1 Å². The van der Waals surface area contributed by atoms with E-state index in [4.69, 9.17) is 23.2 Å². The Bertz CT molecular complexity index is 814.